The molecule has 0 fully saturated rings. The molecule has 0 aliphatic rings. The number of esters is 1. The lowest BCUT2D eigenvalue weighted by Crippen LogP contribution is -2.37. The summed E-state index contributed by atoms with van der Waals surface area (Å²) < 4.78 is 22.2. The maximum absolute atomic E-state index is 12.6. The van der Waals surface area contributed by atoms with Gasteiger partial charge in [0.1, 0.15) is 5.78 Å². The van der Waals surface area contributed by atoms with Crippen LogP contribution in [0.2, 0.25) is 0 Å². The van der Waals surface area contributed by atoms with Crippen LogP contribution in [0.25, 0.3) is 0 Å². The van der Waals surface area contributed by atoms with Crippen LogP contribution in [0.4, 0.5) is 4.79 Å². The minimum absolute atomic E-state index is 0.117. The molecule has 23 heavy (non-hydrogen) atoms. The SMILES string of the molecule is CCOC(=O)CC(NC(=O)OCC)P(=O)(O)Cc1ccccc1. The van der Waals surface area contributed by atoms with E-state index in [1.54, 1.807) is 44.2 Å². The van der Waals surface area contributed by atoms with Crippen LogP contribution in [0.3, 0.4) is 0 Å². The Hall–Kier alpha value is -1.85. The first-order valence-electron chi connectivity index (χ1n) is 7.33. The first-order valence-corrected chi connectivity index (χ1v) is 9.24. The fraction of sp³-hybridized carbons (Fsp3) is 0.467. The standard InChI is InChI=1S/C15H22NO6P/c1-3-21-14(17)10-13(16-15(18)22-4-2)23(19,20)11-12-8-6-5-7-9-12/h5-9,13H,3-4,10-11H2,1-2H3,(H,16,18)(H,19,20). The van der Waals surface area contributed by atoms with Crippen LogP contribution in [0.1, 0.15) is 25.8 Å². The van der Waals surface area contributed by atoms with Gasteiger partial charge in [0, 0.05) is 0 Å². The predicted molar refractivity (Wildman–Crippen MR) is 85.2 cm³/mol. The second kappa shape index (κ2) is 9.33. The van der Waals surface area contributed by atoms with Crippen molar-refractivity contribution < 1.29 is 28.5 Å². The fourth-order valence-electron chi connectivity index (χ4n) is 1.94. The van der Waals surface area contributed by atoms with Gasteiger partial charge in [0.15, 0.2) is 0 Å². The van der Waals surface area contributed by atoms with Crippen molar-refractivity contribution >= 4 is 19.4 Å². The third kappa shape index (κ3) is 6.84. The Morgan fingerprint density at radius 2 is 1.78 bits per heavy atom. The summed E-state index contributed by atoms with van der Waals surface area (Å²) in [5.74, 6) is -1.92. The Morgan fingerprint density at radius 3 is 2.35 bits per heavy atom. The highest BCUT2D eigenvalue weighted by molar-refractivity contribution is 7.58. The molecule has 0 radical (unpaired) electrons. The van der Waals surface area contributed by atoms with E-state index >= 15 is 0 Å². The van der Waals surface area contributed by atoms with E-state index in [1.165, 1.54) is 0 Å². The number of carbonyl (C=O) groups is 2. The van der Waals surface area contributed by atoms with Crippen molar-refractivity contribution in [2.45, 2.75) is 32.2 Å². The van der Waals surface area contributed by atoms with E-state index in [0.29, 0.717) is 5.56 Å². The highest BCUT2D eigenvalue weighted by Crippen LogP contribution is 2.49. The van der Waals surface area contributed by atoms with Crippen molar-refractivity contribution in [1.29, 1.82) is 0 Å². The molecule has 128 valence electrons. The maximum Gasteiger partial charge on any atom is 0.407 e. The van der Waals surface area contributed by atoms with Gasteiger partial charge < -0.3 is 19.7 Å². The van der Waals surface area contributed by atoms with Crippen molar-refractivity contribution in [1.82, 2.24) is 5.32 Å². The first kappa shape index (κ1) is 19.2. The predicted octanol–water partition coefficient (Wildman–Crippen LogP) is 2.48. The van der Waals surface area contributed by atoms with Gasteiger partial charge in [0.05, 0.1) is 25.8 Å². The van der Waals surface area contributed by atoms with E-state index in [9.17, 15) is 19.0 Å². The molecule has 0 bridgehead atoms. The molecule has 0 heterocycles. The minimum atomic E-state index is -3.89. The zero-order valence-electron chi connectivity index (χ0n) is 13.2. The van der Waals surface area contributed by atoms with Crippen molar-refractivity contribution in [2.75, 3.05) is 13.2 Å². The Balaban J connectivity index is 2.88. The Bertz CT molecular complexity index is 542. The van der Waals surface area contributed by atoms with E-state index in [4.69, 9.17) is 9.47 Å². The molecule has 1 aromatic rings. The van der Waals surface area contributed by atoms with Gasteiger partial charge in [-0.25, -0.2) is 4.79 Å². The molecule has 0 aliphatic heterocycles. The third-order valence-electron chi connectivity index (χ3n) is 2.96. The molecule has 2 N–H and O–H groups in total. The van der Waals surface area contributed by atoms with Gasteiger partial charge in [0.2, 0.25) is 7.37 Å². The third-order valence-corrected chi connectivity index (χ3v) is 5.07. The van der Waals surface area contributed by atoms with Crippen LogP contribution < -0.4 is 5.32 Å². The van der Waals surface area contributed by atoms with Crippen molar-refractivity contribution in [3.63, 3.8) is 0 Å². The van der Waals surface area contributed by atoms with Crippen LogP contribution in [-0.2, 0) is 25.0 Å². The van der Waals surface area contributed by atoms with Gasteiger partial charge in [-0.05, 0) is 19.4 Å². The van der Waals surface area contributed by atoms with Gasteiger partial charge in [-0.3, -0.25) is 9.36 Å². The quantitative estimate of drug-likeness (QED) is 0.555. The lowest BCUT2D eigenvalue weighted by Gasteiger charge is -2.23. The molecule has 1 amide bonds. The minimum Gasteiger partial charge on any atom is -0.466 e. The molecule has 1 rings (SSSR count). The van der Waals surface area contributed by atoms with Gasteiger partial charge in [-0.1, -0.05) is 30.3 Å². The Morgan fingerprint density at radius 1 is 1.17 bits per heavy atom. The topological polar surface area (TPSA) is 102 Å². The monoisotopic (exact) mass is 343 g/mol. The summed E-state index contributed by atoms with van der Waals surface area (Å²) in [6.45, 7) is 3.52. The molecule has 2 atom stereocenters. The van der Waals surface area contributed by atoms with E-state index in [2.05, 4.69) is 5.32 Å². The number of nitrogens with one attached hydrogen (secondary N) is 1. The van der Waals surface area contributed by atoms with Crippen LogP contribution >= 0.6 is 7.37 Å². The van der Waals surface area contributed by atoms with E-state index in [0.717, 1.165) is 0 Å². The van der Waals surface area contributed by atoms with Crippen LogP contribution in [0.5, 0.6) is 0 Å². The Labute approximate surface area is 135 Å². The largest absolute Gasteiger partial charge is 0.466 e. The van der Waals surface area contributed by atoms with Gasteiger partial charge in [-0.2, -0.15) is 0 Å². The summed E-state index contributed by atoms with van der Waals surface area (Å²) in [6, 6.07) is 8.69. The summed E-state index contributed by atoms with van der Waals surface area (Å²) >= 11 is 0. The average molecular weight is 343 g/mol. The lowest BCUT2D eigenvalue weighted by molar-refractivity contribution is -0.143. The van der Waals surface area contributed by atoms with Crippen LogP contribution in [0.15, 0.2) is 30.3 Å². The molecular formula is C15H22NO6P. The van der Waals surface area contributed by atoms with Crippen LogP contribution in [-0.4, -0.2) is 36.0 Å². The molecular weight excluding hydrogens is 321 g/mol. The molecule has 0 saturated heterocycles. The molecule has 0 aromatic heterocycles. The zero-order valence-corrected chi connectivity index (χ0v) is 14.1. The summed E-state index contributed by atoms with van der Waals surface area (Å²) in [5.41, 5.74) is 0.637. The van der Waals surface area contributed by atoms with Crippen LogP contribution in [0, 0.1) is 0 Å². The maximum atomic E-state index is 12.6. The van der Waals surface area contributed by atoms with Gasteiger partial charge in [-0.15, -0.1) is 0 Å². The number of hydrogen-bond acceptors (Lipinski definition) is 5. The highest BCUT2D eigenvalue weighted by Gasteiger charge is 2.35. The molecule has 7 nitrogen and oxygen atoms in total. The number of alkyl carbamates (subject to hydrolysis) is 1. The normalized spacial score (nSPS) is 14.4. The van der Waals surface area contributed by atoms with Crippen molar-refractivity contribution in [2.24, 2.45) is 0 Å². The summed E-state index contributed by atoms with van der Waals surface area (Å²) in [6.07, 6.45) is -1.40. The number of carbonyl (C=O) groups excluding carboxylic acids is 2. The average Bonchev–Trinajstić information content (AvgIpc) is 2.47. The summed E-state index contributed by atoms with van der Waals surface area (Å²) in [7, 11) is -3.89. The molecule has 0 spiro atoms. The second-order valence-corrected chi connectivity index (χ2v) is 7.24. The van der Waals surface area contributed by atoms with Crippen molar-refractivity contribution in [3.8, 4) is 0 Å². The van der Waals surface area contributed by atoms with Gasteiger partial charge >= 0.3 is 12.1 Å². The number of hydrogen-bond donors (Lipinski definition) is 2. The summed E-state index contributed by atoms with van der Waals surface area (Å²) in [4.78, 5) is 33.6. The van der Waals surface area contributed by atoms with E-state index < -0.39 is 31.6 Å². The lowest BCUT2D eigenvalue weighted by atomic mass is 10.2. The number of ether oxygens (including phenoxy) is 2. The number of rotatable bonds is 8. The molecule has 2 unspecified atom stereocenters. The smallest absolute Gasteiger partial charge is 0.407 e. The highest BCUT2D eigenvalue weighted by atomic mass is 31.2. The molecule has 0 aliphatic carbocycles. The molecule has 8 heteroatoms. The molecule has 1 aromatic carbocycles. The Kier molecular flexibility index (Phi) is 7.78. The van der Waals surface area contributed by atoms with Crippen molar-refractivity contribution in [3.05, 3.63) is 35.9 Å². The van der Waals surface area contributed by atoms with E-state index in [-0.39, 0.29) is 19.4 Å². The fourth-order valence-corrected chi connectivity index (χ4v) is 3.63. The molecule has 0 saturated carbocycles. The number of benzene rings is 1. The van der Waals surface area contributed by atoms with Gasteiger partial charge in [0.25, 0.3) is 0 Å². The van der Waals surface area contributed by atoms with E-state index in [1.807, 2.05) is 0 Å². The second-order valence-electron chi connectivity index (χ2n) is 4.79. The zero-order chi connectivity index (χ0) is 17.3. The number of amides is 1. The summed E-state index contributed by atoms with van der Waals surface area (Å²) in [5, 5.41) is 2.29. The first-order chi connectivity index (χ1) is 10.9.